The van der Waals surface area contributed by atoms with Crippen LogP contribution in [-0.2, 0) is 109 Å². The maximum Gasteiger partial charge on any atom is 0.269 e. The van der Waals surface area contributed by atoms with E-state index < -0.39 is 21.5 Å². The Morgan fingerprint density at radius 2 is 0.874 bits per heavy atom. The molecule has 8 rings (SSSR count). The SMILES string of the molecule is C.N#Cc1cccc(-c2nc(N)nc(NCc3ccc(N)cc3)c2C=N)c1F.N#Cc1cccc(-c2nc(N)nc(NCc3ccc([N+](=O)[O-])cc3)c2C=N)c1F.N=Cc1c(Cl)nc(N)nc1NCc1ccc([N+](=O)[O-])cc1.S=S=S.S=S=S=S=S=S. The van der Waals surface area contributed by atoms with Gasteiger partial charge < -0.3 is 55.1 Å². The first-order chi connectivity index (χ1) is 41.3. The summed E-state index contributed by atoms with van der Waals surface area (Å²) in [5.74, 6) is -0.870. The average Bonchev–Trinajstić information content (AvgIpc) is 1.44. The van der Waals surface area contributed by atoms with Crippen LogP contribution in [0.1, 0.15) is 51.9 Å². The maximum atomic E-state index is 14.6. The lowest BCUT2D eigenvalue weighted by molar-refractivity contribution is -0.385. The molecule has 0 aliphatic rings. The van der Waals surface area contributed by atoms with Crippen molar-refractivity contribution in [3.8, 4) is 34.7 Å². The van der Waals surface area contributed by atoms with Crippen LogP contribution in [0.4, 0.5) is 61.1 Å². The molecule has 3 aromatic heterocycles. The fraction of sp³-hybridized carbons (Fsp3) is 0.0784. The van der Waals surface area contributed by atoms with Crippen LogP contribution in [0.3, 0.4) is 0 Å². The van der Waals surface area contributed by atoms with Gasteiger partial charge in [-0.15, -0.1) is 0 Å². The number of nitrogens with zero attached hydrogens (tertiary/aromatic N) is 10. The van der Waals surface area contributed by atoms with Crippen LogP contribution in [0.2, 0.25) is 5.15 Å². The number of rotatable bonds is 16. The average molecular weight is 1360 g/mol. The Hall–Kier alpha value is -9.14. The maximum absolute atomic E-state index is 14.6. The smallest absolute Gasteiger partial charge is 0.269 e. The largest absolute Gasteiger partial charge is 0.399 e. The third-order valence-electron chi connectivity index (χ3n) is 10.8. The van der Waals surface area contributed by atoms with E-state index in [2.05, 4.69) is 90.6 Å². The van der Waals surface area contributed by atoms with E-state index >= 15 is 0 Å². The monoisotopic (exact) mass is 1360 g/mol. The van der Waals surface area contributed by atoms with E-state index in [0.717, 1.165) is 44.2 Å². The van der Waals surface area contributed by atoms with Gasteiger partial charge in [-0.25, -0.2) is 23.7 Å². The van der Waals surface area contributed by atoms with Gasteiger partial charge in [0.2, 0.25) is 17.8 Å². The van der Waals surface area contributed by atoms with Crippen molar-refractivity contribution in [3.05, 3.63) is 191 Å². The number of nitrogens with two attached hydrogens (primary N) is 4. The molecule has 14 N–H and O–H groups in total. The lowest BCUT2D eigenvalue weighted by atomic mass is 10.0. The Morgan fingerprint density at radius 3 is 1.18 bits per heavy atom. The predicted molar refractivity (Wildman–Crippen MR) is 360 cm³/mol. The molecular weight excluding hydrogens is 1320 g/mol. The number of non-ortho nitro benzene ring substituents is 2. The first-order valence-electron chi connectivity index (χ1n) is 23.3. The molecule has 24 nitrogen and oxygen atoms in total. The van der Waals surface area contributed by atoms with Crippen LogP contribution in [0, 0.1) is 70.8 Å². The number of hydrogen-bond acceptors (Lipinski definition) is 26. The second-order valence-electron chi connectivity index (χ2n) is 16.0. The first kappa shape index (κ1) is 72.1. The highest BCUT2D eigenvalue weighted by atomic mass is 35.5. The molecule has 8 aromatic rings. The summed E-state index contributed by atoms with van der Waals surface area (Å²) < 4.78 is 29.2. The topological polar surface area (TPSA) is 423 Å². The highest BCUT2D eigenvalue weighted by Gasteiger charge is 2.21. The molecule has 3 heterocycles. The highest BCUT2D eigenvalue weighted by molar-refractivity contribution is 8.64. The lowest BCUT2D eigenvalue weighted by Gasteiger charge is -2.14. The first-order valence-corrected chi connectivity index (χ1v) is 33.0. The van der Waals surface area contributed by atoms with E-state index in [-0.39, 0.29) is 98.9 Å². The zero-order chi connectivity index (χ0) is 63.3. The van der Waals surface area contributed by atoms with Crippen molar-refractivity contribution in [1.29, 1.82) is 26.8 Å². The Labute approximate surface area is 534 Å². The summed E-state index contributed by atoms with van der Waals surface area (Å²) in [4.78, 5) is 44.4. The molecule has 0 saturated carbocycles. The van der Waals surface area contributed by atoms with Gasteiger partial charge in [-0.2, -0.15) is 25.5 Å². The Morgan fingerprint density at radius 1 is 0.552 bits per heavy atom. The minimum atomic E-state index is -0.766. The summed E-state index contributed by atoms with van der Waals surface area (Å²) in [6, 6.07) is 31.5. The third kappa shape index (κ3) is 21.7. The van der Waals surface area contributed by atoms with E-state index in [4.69, 9.17) is 61.3 Å². The van der Waals surface area contributed by atoms with Gasteiger partial charge in [0.15, 0.2) is 0 Å². The summed E-state index contributed by atoms with van der Waals surface area (Å²) in [6.45, 7) is 0.985. The molecule has 0 saturated heterocycles. The van der Waals surface area contributed by atoms with Crippen LogP contribution < -0.4 is 38.9 Å². The molecule has 0 fully saturated rings. The molecule has 0 radical (unpaired) electrons. The predicted octanol–water partition coefficient (Wildman–Crippen LogP) is 9.03. The number of nitro groups is 2. The lowest BCUT2D eigenvalue weighted by Crippen LogP contribution is -2.10. The number of benzene rings is 5. The fourth-order valence-corrected chi connectivity index (χ4v) is 12.7. The summed E-state index contributed by atoms with van der Waals surface area (Å²) in [7, 11) is 6.55. The number of anilines is 7. The van der Waals surface area contributed by atoms with Crippen molar-refractivity contribution in [2.45, 2.75) is 27.1 Å². The number of hydrogen-bond donors (Lipinski definition) is 10. The molecule has 0 amide bonds. The zero-order valence-corrected chi connectivity index (χ0v) is 51.6. The standard InChI is InChI=1S/C19H14FN7O2.C19H16FN7.C12H11ClN6O2.CH4.S6.S3/c20-16-12(8-21)2-1-3-14(16)17-15(9-22)18(26-19(23)25-17)24-10-11-4-6-13(7-5-11)27(28)29;20-16-12(8-21)2-1-3-14(16)17-15(9-22)18(27-19(24)26-17)25-10-11-4-6-13(23)7-5-11;13-10-9(5-14)11(18-12(15)17-10)16-6-7-1-3-8(4-2-7)19(20)21;;1-3-5-6-4-2;1-3-2/h1-7,9,22H,10H2,(H3,23,24,25,26);1-7,9,22H,10,23H2,(H3,24,25,26,27);1-5,14H,6H2,(H3,15,16,17,18);1H4;;. The van der Waals surface area contributed by atoms with E-state index in [1.807, 2.05) is 12.1 Å². The van der Waals surface area contributed by atoms with E-state index in [9.17, 15) is 29.0 Å². The minimum Gasteiger partial charge on any atom is -0.399 e. The molecule has 0 unspecified atom stereocenters. The minimum absolute atomic E-state index is 0. The molecule has 448 valence electrons. The number of nitrogens with one attached hydrogen (secondary N) is 6. The van der Waals surface area contributed by atoms with Gasteiger partial charge in [0, 0.05) is 169 Å². The number of nitriles is 2. The van der Waals surface area contributed by atoms with Gasteiger partial charge in [-0.1, -0.05) is 67.6 Å². The van der Waals surface area contributed by atoms with E-state index in [0.29, 0.717) is 36.0 Å². The highest BCUT2D eigenvalue weighted by Crippen LogP contribution is 2.32. The van der Waals surface area contributed by atoms with E-state index in [1.54, 1.807) is 54.6 Å². The van der Waals surface area contributed by atoms with Gasteiger partial charge in [0.1, 0.15) is 46.4 Å². The van der Waals surface area contributed by atoms with Crippen molar-refractivity contribution >= 4 is 172 Å². The van der Waals surface area contributed by atoms with Crippen LogP contribution >= 0.6 is 11.6 Å². The molecule has 5 aromatic carbocycles. The van der Waals surface area contributed by atoms with Crippen LogP contribution in [0.25, 0.3) is 22.5 Å². The van der Waals surface area contributed by atoms with Gasteiger partial charge in [-0.3, -0.25) is 20.2 Å². The molecule has 0 aliphatic heterocycles. The molecule has 0 atom stereocenters. The number of halogens is 3. The van der Waals surface area contributed by atoms with Crippen molar-refractivity contribution in [1.82, 2.24) is 29.9 Å². The quantitative estimate of drug-likeness (QED) is 0.0142. The molecule has 0 aliphatic carbocycles. The fourth-order valence-electron chi connectivity index (χ4n) is 6.94. The summed E-state index contributed by atoms with van der Waals surface area (Å²) >= 11 is 23.2. The van der Waals surface area contributed by atoms with Gasteiger partial charge >= 0.3 is 0 Å². The molecule has 87 heavy (non-hydrogen) atoms. The Kier molecular flexibility index (Phi) is 30.9. The van der Waals surface area contributed by atoms with Crippen molar-refractivity contribution < 1.29 is 18.6 Å². The van der Waals surface area contributed by atoms with E-state index in [1.165, 1.54) is 90.1 Å². The van der Waals surface area contributed by atoms with Gasteiger partial charge in [0.05, 0.1) is 49.1 Å². The zero-order valence-electron chi connectivity index (χ0n) is 43.5. The molecule has 0 spiro atoms. The molecule has 0 bridgehead atoms. The second-order valence-corrected chi connectivity index (χ2v) is 25.2. The van der Waals surface area contributed by atoms with Crippen LogP contribution in [0.15, 0.2) is 109 Å². The molecule has 36 heteroatoms. The van der Waals surface area contributed by atoms with Crippen molar-refractivity contribution in [2.75, 3.05) is 38.9 Å². The van der Waals surface area contributed by atoms with Crippen LogP contribution in [0.5, 0.6) is 0 Å². The number of nitrogen functional groups attached to an aromatic ring is 4. The Balaban J connectivity index is 0.000000320. The Bertz CT molecular complexity index is 4100. The molecular formula is C51H45ClF2N20O4S9. The summed E-state index contributed by atoms with van der Waals surface area (Å²) in [6.07, 6.45) is 3.02. The normalized spacial score (nSPS) is 9.57. The second kappa shape index (κ2) is 37.3. The number of nitro benzene ring substituents is 2. The van der Waals surface area contributed by atoms with Gasteiger partial charge in [-0.05, 0) is 53.1 Å². The van der Waals surface area contributed by atoms with Gasteiger partial charge in [0.25, 0.3) is 11.4 Å². The van der Waals surface area contributed by atoms with Crippen molar-refractivity contribution in [3.63, 3.8) is 0 Å². The number of aromatic nitrogens is 6. The van der Waals surface area contributed by atoms with Crippen LogP contribution in [-0.4, -0.2) is 58.4 Å². The third-order valence-corrected chi connectivity index (χ3v) is 17.7. The van der Waals surface area contributed by atoms with Crippen molar-refractivity contribution in [2.24, 2.45) is 0 Å². The summed E-state index contributed by atoms with van der Waals surface area (Å²) in [5, 5.41) is 71.3. The summed E-state index contributed by atoms with van der Waals surface area (Å²) in [5.41, 5.74) is 26.7.